The molecular weight excluding hydrogens is 222 g/mol. The molecule has 0 saturated heterocycles. The molecule has 90 valence electrons. The first-order chi connectivity index (χ1) is 8.04. The molecule has 1 fully saturated rings. The number of benzene rings is 1. The molecule has 0 aliphatic heterocycles. The molecule has 4 N–H and O–H groups in total. The maximum absolute atomic E-state index is 11.0. The Morgan fingerprint density at radius 1 is 1.18 bits per heavy atom. The highest BCUT2D eigenvalue weighted by Crippen LogP contribution is 2.55. The first-order valence-electron chi connectivity index (χ1n) is 5.30. The third-order valence-electron chi connectivity index (χ3n) is 3.24. The minimum Gasteiger partial charge on any atom is -0.481 e. The number of rotatable bonds is 4. The highest BCUT2D eigenvalue weighted by atomic mass is 16.4. The van der Waals surface area contributed by atoms with Crippen molar-refractivity contribution in [1.29, 1.82) is 0 Å². The first-order valence-corrected chi connectivity index (χ1v) is 5.30. The number of nitrogens with two attached hydrogens (primary N) is 1. The quantitative estimate of drug-likeness (QED) is 0.706. The number of hydrogen-bond acceptors (Lipinski definition) is 3. The van der Waals surface area contributed by atoms with Crippen LogP contribution < -0.4 is 5.73 Å². The van der Waals surface area contributed by atoms with Gasteiger partial charge in [0.25, 0.3) is 0 Å². The van der Waals surface area contributed by atoms with Crippen molar-refractivity contribution in [2.75, 3.05) is 0 Å². The smallest absolute Gasteiger partial charge is 0.320 e. The van der Waals surface area contributed by atoms with Crippen LogP contribution in [0.3, 0.4) is 0 Å². The average molecular weight is 235 g/mol. The molecule has 1 aromatic carbocycles. The van der Waals surface area contributed by atoms with Gasteiger partial charge in [-0.15, -0.1) is 0 Å². The SMILES string of the molecule is N[C@H](C(=O)O)[C@@H]1[C@@H](C(=O)O)[C@@H]1c1ccccc1. The summed E-state index contributed by atoms with van der Waals surface area (Å²) in [6, 6.07) is 7.91. The fourth-order valence-corrected chi connectivity index (χ4v) is 2.37. The second kappa shape index (κ2) is 4.18. The molecule has 1 aromatic rings. The van der Waals surface area contributed by atoms with E-state index in [-0.39, 0.29) is 5.92 Å². The van der Waals surface area contributed by atoms with Crippen LogP contribution in [0.15, 0.2) is 30.3 Å². The topological polar surface area (TPSA) is 101 Å². The van der Waals surface area contributed by atoms with Crippen LogP contribution in [0.1, 0.15) is 11.5 Å². The van der Waals surface area contributed by atoms with Crippen LogP contribution in [0.4, 0.5) is 0 Å². The Morgan fingerprint density at radius 2 is 1.76 bits per heavy atom. The van der Waals surface area contributed by atoms with E-state index in [1.807, 2.05) is 6.07 Å². The van der Waals surface area contributed by atoms with Crippen molar-refractivity contribution in [2.45, 2.75) is 12.0 Å². The molecule has 0 heterocycles. The zero-order chi connectivity index (χ0) is 12.6. The van der Waals surface area contributed by atoms with Gasteiger partial charge in [-0.25, -0.2) is 0 Å². The van der Waals surface area contributed by atoms with Gasteiger partial charge in [0.2, 0.25) is 0 Å². The van der Waals surface area contributed by atoms with E-state index in [1.165, 1.54) is 0 Å². The van der Waals surface area contributed by atoms with Gasteiger partial charge in [-0.3, -0.25) is 9.59 Å². The van der Waals surface area contributed by atoms with Gasteiger partial charge in [0.1, 0.15) is 6.04 Å². The molecule has 0 spiro atoms. The largest absolute Gasteiger partial charge is 0.481 e. The number of aliphatic carboxylic acids is 2. The number of carboxylic acid groups (broad SMARTS) is 2. The minimum atomic E-state index is -1.15. The summed E-state index contributed by atoms with van der Waals surface area (Å²) in [5.74, 6) is -3.64. The average Bonchev–Trinajstić information content (AvgIpc) is 3.04. The third-order valence-corrected chi connectivity index (χ3v) is 3.24. The van der Waals surface area contributed by atoms with Crippen molar-refractivity contribution < 1.29 is 19.8 Å². The number of hydrogen-bond donors (Lipinski definition) is 3. The predicted molar refractivity (Wildman–Crippen MR) is 59.4 cm³/mol. The second-order valence-corrected chi connectivity index (χ2v) is 4.24. The molecule has 5 nitrogen and oxygen atoms in total. The Balaban J connectivity index is 2.23. The fourth-order valence-electron chi connectivity index (χ4n) is 2.37. The minimum absolute atomic E-state index is 0.292. The van der Waals surface area contributed by atoms with Gasteiger partial charge in [-0.1, -0.05) is 30.3 Å². The van der Waals surface area contributed by atoms with Crippen LogP contribution in [0.2, 0.25) is 0 Å². The van der Waals surface area contributed by atoms with Gasteiger partial charge >= 0.3 is 11.9 Å². The zero-order valence-electron chi connectivity index (χ0n) is 8.98. The van der Waals surface area contributed by atoms with Gasteiger partial charge in [0, 0.05) is 11.8 Å². The van der Waals surface area contributed by atoms with E-state index in [1.54, 1.807) is 24.3 Å². The Hall–Kier alpha value is -1.88. The zero-order valence-corrected chi connectivity index (χ0v) is 8.98. The van der Waals surface area contributed by atoms with Crippen LogP contribution in [0.5, 0.6) is 0 Å². The van der Waals surface area contributed by atoms with Crippen molar-refractivity contribution >= 4 is 11.9 Å². The number of carbonyl (C=O) groups is 2. The Bertz CT molecular complexity index is 445. The molecule has 0 amide bonds. The molecule has 0 aromatic heterocycles. The molecule has 1 saturated carbocycles. The summed E-state index contributed by atoms with van der Waals surface area (Å²) >= 11 is 0. The van der Waals surface area contributed by atoms with Gasteiger partial charge < -0.3 is 15.9 Å². The molecule has 17 heavy (non-hydrogen) atoms. The lowest BCUT2D eigenvalue weighted by molar-refractivity contribution is -0.140. The van der Waals surface area contributed by atoms with Crippen LogP contribution >= 0.6 is 0 Å². The lowest BCUT2D eigenvalue weighted by Crippen LogP contribution is -2.33. The normalized spacial score (nSPS) is 28.4. The standard InChI is InChI=1S/C12H13NO4/c13-10(12(16)17)8-7(9(8)11(14)15)6-4-2-1-3-5-6/h1-5,7-10H,13H2,(H,14,15)(H,16,17)/t7-,8+,9+,10+/m1/s1. The van der Waals surface area contributed by atoms with Crippen LogP contribution in [-0.4, -0.2) is 28.2 Å². The lowest BCUT2D eigenvalue weighted by Gasteiger charge is -2.04. The Labute approximate surface area is 97.9 Å². The monoisotopic (exact) mass is 235 g/mol. The summed E-state index contributed by atoms with van der Waals surface area (Å²) in [4.78, 5) is 21.8. The summed E-state index contributed by atoms with van der Waals surface area (Å²) in [7, 11) is 0. The molecule has 0 radical (unpaired) electrons. The molecular formula is C12H13NO4. The molecule has 4 atom stereocenters. The maximum Gasteiger partial charge on any atom is 0.320 e. The highest BCUT2D eigenvalue weighted by Gasteiger charge is 2.59. The summed E-state index contributed by atoms with van der Waals surface area (Å²) in [5, 5.41) is 17.9. The Morgan fingerprint density at radius 3 is 2.24 bits per heavy atom. The van der Waals surface area contributed by atoms with E-state index in [9.17, 15) is 9.59 Å². The first kappa shape index (κ1) is 11.6. The fraction of sp³-hybridized carbons (Fsp3) is 0.333. The highest BCUT2D eigenvalue weighted by molar-refractivity contribution is 5.81. The van der Waals surface area contributed by atoms with Crippen LogP contribution in [-0.2, 0) is 9.59 Å². The van der Waals surface area contributed by atoms with E-state index in [0.717, 1.165) is 5.56 Å². The summed E-state index contributed by atoms with van der Waals surface area (Å²) in [6.45, 7) is 0. The second-order valence-electron chi connectivity index (χ2n) is 4.24. The van der Waals surface area contributed by atoms with Gasteiger partial charge in [-0.2, -0.15) is 0 Å². The molecule has 0 unspecified atom stereocenters. The van der Waals surface area contributed by atoms with Crippen molar-refractivity contribution in [2.24, 2.45) is 17.6 Å². The summed E-state index contributed by atoms with van der Waals surface area (Å²) in [5.41, 5.74) is 6.35. The summed E-state index contributed by atoms with van der Waals surface area (Å²) < 4.78 is 0. The van der Waals surface area contributed by atoms with Gasteiger partial charge in [-0.05, 0) is 5.56 Å². The van der Waals surface area contributed by atoms with Gasteiger partial charge in [0.15, 0.2) is 0 Å². The predicted octanol–water partition coefficient (Wildman–Crippen LogP) is 0.513. The maximum atomic E-state index is 11.0. The Kier molecular flexibility index (Phi) is 2.85. The molecule has 2 rings (SSSR count). The van der Waals surface area contributed by atoms with E-state index in [2.05, 4.69) is 0 Å². The van der Waals surface area contributed by atoms with E-state index in [0.29, 0.717) is 0 Å². The third kappa shape index (κ3) is 2.01. The van der Waals surface area contributed by atoms with Crippen LogP contribution in [0.25, 0.3) is 0 Å². The number of carboxylic acids is 2. The van der Waals surface area contributed by atoms with Gasteiger partial charge in [0.05, 0.1) is 5.92 Å². The van der Waals surface area contributed by atoms with Crippen molar-refractivity contribution in [3.05, 3.63) is 35.9 Å². The molecule has 0 bridgehead atoms. The molecule has 1 aliphatic rings. The molecule has 5 heteroatoms. The van der Waals surface area contributed by atoms with Crippen LogP contribution in [0, 0.1) is 11.8 Å². The lowest BCUT2D eigenvalue weighted by atomic mass is 10.1. The van der Waals surface area contributed by atoms with E-state index < -0.39 is 29.8 Å². The van der Waals surface area contributed by atoms with E-state index in [4.69, 9.17) is 15.9 Å². The summed E-state index contributed by atoms with van der Waals surface area (Å²) in [6.07, 6.45) is 0. The van der Waals surface area contributed by atoms with Crippen molar-refractivity contribution in [1.82, 2.24) is 0 Å². The molecule has 1 aliphatic carbocycles. The van der Waals surface area contributed by atoms with Crippen molar-refractivity contribution in [3.63, 3.8) is 0 Å². The van der Waals surface area contributed by atoms with E-state index >= 15 is 0 Å². The van der Waals surface area contributed by atoms with Crippen molar-refractivity contribution in [3.8, 4) is 0 Å².